The van der Waals surface area contributed by atoms with Crippen LogP contribution in [0.5, 0.6) is 0 Å². The van der Waals surface area contributed by atoms with Crippen molar-refractivity contribution < 1.29 is 42.1 Å². The number of hydrogen-bond donors (Lipinski definition) is 0. The molecule has 0 heterocycles. The Labute approximate surface area is 530 Å². The average molecular weight is 1220 g/mol. The molecule has 0 radical (unpaired) electrons. The molecule has 0 aromatic carbocycles. The molecule has 0 spiro atoms. The lowest BCUT2D eigenvalue weighted by Crippen LogP contribution is -2.37. The molecule has 9 nitrogen and oxygen atoms in total. The molecule has 0 saturated carbocycles. The van der Waals surface area contributed by atoms with Gasteiger partial charge in [-0.25, -0.2) is 0 Å². The van der Waals surface area contributed by atoms with E-state index < -0.39 is 32.5 Å². The zero-order chi connectivity index (χ0) is 62.6. The first-order chi connectivity index (χ1) is 42.0. The van der Waals surface area contributed by atoms with Crippen molar-refractivity contribution in [2.75, 3.05) is 47.5 Å². The Hall–Kier alpha value is -3.85. The molecule has 0 aliphatic carbocycles. The third-order valence-electron chi connectivity index (χ3n) is 14.7. The number of nitrogens with zero attached hydrogens (tertiary/aromatic N) is 1. The number of phosphoric ester groups is 1. The topological polar surface area (TPSA) is 111 Å². The lowest BCUT2D eigenvalue weighted by Gasteiger charge is -2.28. The van der Waals surface area contributed by atoms with Gasteiger partial charge >= 0.3 is 11.9 Å². The third-order valence-corrected chi connectivity index (χ3v) is 15.6. The molecule has 0 rings (SSSR count). The Morgan fingerprint density at radius 1 is 0.360 bits per heavy atom. The standard InChI is InChI=1S/C76H130NO8P/c1-6-8-10-12-14-16-18-20-22-24-26-28-29-30-31-32-33-34-35-36-37-38-39-40-41-42-43-44-45-46-47-49-51-53-55-57-59-61-63-65-67-69-76(79)85-74(73-84-86(80,81)83-71-70-77(3,4)5)72-82-75(78)68-66-64-62-60-58-56-54-52-50-48-27-25-23-21-19-17-15-13-11-9-7-2/h8-11,14-17,20-23,26-28,30-31,33-34,48,52,54,74H,6-7,12-13,18-19,24-25,29,32,35-47,49-51,53,55-73H2,1-5H3/b10-8-,11-9-,16-14-,17-15-,22-20-,23-21-,28-26-,31-30-,34-33-,48-27-,54-52-. The number of ether oxygens (including phenoxy) is 2. The minimum atomic E-state index is -4.65. The number of rotatable bonds is 63. The molecule has 2 atom stereocenters. The van der Waals surface area contributed by atoms with Gasteiger partial charge in [0.1, 0.15) is 19.8 Å². The summed E-state index contributed by atoms with van der Waals surface area (Å²) in [6.07, 6.45) is 95.4. The van der Waals surface area contributed by atoms with E-state index in [-0.39, 0.29) is 26.1 Å². The van der Waals surface area contributed by atoms with Crippen molar-refractivity contribution in [3.8, 4) is 0 Å². The highest BCUT2D eigenvalue weighted by molar-refractivity contribution is 7.45. The van der Waals surface area contributed by atoms with Crippen LogP contribution in [0.3, 0.4) is 0 Å². The summed E-state index contributed by atoms with van der Waals surface area (Å²) < 4.78 is 34.3. The Balaban J connectivity index is 3.99. The molecule has 0 aromatic heterocycles. The summed E-state index contributed by atoms with van der Waals surface area (Å²) in [5.74, 6) is -0.853. The van der Waals surface area contributed by atoms with Gasteiger partial charge in [-0.3, -0.25) is 14.2 Å². The van der Waals surface area contributed by atoms with E-state index in [1.807, 2.05) is 21.1 Å². The van der Waals surface area contributed by atoms with Crippen LogP contribution < -0.4 is 4.89 Å². The van der Waals surface area contributed by atoms with Gasteiger partial charge < -0.3 is 27.9 Å². The van der Waals surface area contributed by atoms with Gasteiger partial charge in [0.15, 0.2) is 6.10 Å². The molecule has 0 fully saturated rings. The summed E-state index contributed by atoms with van der Waals surface area (Å²) in [5, 5.41) is 0. The van der Waals surface area contributed by atoms with Gasteiger partial charge in [-0.05, 0) is 109 Å². The first-order valence-corrected chi connectivity index (χ1v) is 36.4. The molecule has 0 aliphatic rings. The Morgan fingerprint density at radius 3 is 0.930 bits per heavy atom. The lowest BCUT2D eigenvalue weighted by molar-refractivity contribution is -0.870. The smallest absolute Gasteiger partial charge is 0.306 e. The van der Waals surface area contributed by atoms with Crippen molar-refractivity contribution in [2.24, 2.45) is 0 Å². The Bertz CT molecular complexity index is 1910. The Morgan fingerprint density at radius 2 is 0.628 bits per heavy atom. The fourth-order valence-electron chi connectivity index (χ4n) is 9.39. The molecule has 86 heavy (non-hydrogen) atoms. The summed E-state index contributed by atoms with van der Waals surface area (Å²) in [4.78, 5) is 38.0. The van der Waals surface area contributed by atoms with Crippen LogP contribution >= 0.6 is 7.82 Å². The van der Waals surface area contributed by atoms with Crippen LogP contribution in [0.25, 0.3) is 0 Å². The van der Waals surface area contributed by atoms with Gasteiger partial charge in [0.05, 0.1) is 27.7 Å². The zero-order valence-corrected chi connectivity index (χ0v) is 56.9. The maximum Gasteiger partial charge on any atom is 0.306 e. The number of unbranched alkanes of at least 4 members (excludes halogenated alkanes) is 27. The molecule has 0 aromatic rings. The number of quaternary nitrogens is 1. The summed E-state index contributed by atoms with van der Waals surface area (Å²) in [6, 6.07) is 0. The van der Waals surface area contributed by atoms with Crippen molar-refractivity contribution in [3.63, 3.8) is 0 Å². The SMILES string of the molecule is CC/C=C\C/C=C\C/C=C\C/C=C\C/C=C\C/C=C\CCCCCCCCCCCCCCCCCCCCCCCCC(=O)OC(COC(=O)CCCCCCC/C=C\C/C=C\C/C=C\C/C=C\C/C=C\CC)COP(=O)([O-])OCC[N+](C)(C)C. The molecule has 0 N–H and O–H groups in total. The van der Waals surface area contributed by atoms with E-state index in [1.54, 1.807) is 0 Å². The highest BCUT2D eigenvalue weighted by Crippen LogP contribution is 2.38. The van der Waals surface area contributed by atoms with Crippen molar-refractivity contribution >= 4 is 19.8 Å². The predicted molar refractivity (Wildman–Crippen MR) is 369 cm³/mol. The second-order valence-corrected chi connectivity index (χ2v) is 25.5. The predicted octanol–water partition coefficient (Wildman–Crippen LogP) is 22.2. The number of carbonyl (C=O) groups excluding carboxylic acids is 2. The molecule has 0 aliphatic heterocycles. The summed E-state index contributed by atoms with van der Waals surface area (Å²) in [7, 11) is 1.15. The lowest BCUT2D eigenvalue weighted by atomic mass is 10.0. The maximum atomic E-state index is 12.9. The average Bonchev–Trinajstić information content (AvgIpc) is 3.70. The second kappa shape index (κ2) is 65.6. The van der Waals surface area contributed by atoms with E-state index in [9.17, 15) is 19.0 Å². The molecule has 2 unspecified atom stereocenters. The van der Waals surface area contributed by atoms with Crippen LogP contribution in [0.4, 0.5) is 0 Å². The molecule has 0 saturated heterocycles. The van der Waals surface area contributed by atoms with E-state index >= 15 is 0 Å². The number of esters is 2. The van der Waals surface area contributed by atoms with Crippen LogP contribution in [-0.2, 0) is 32.7 Å². The molecule has 0 amide bonds. The van der Waals surface area contributed by atoms with Crippen molar-refractivity contribution in [3.05, 3.63) is 134 Å². The molecular weight excluding hydrogens is 1090 g/mol. The first-order valence-electron chi connectivity index (χ1n) is 34.9. The second-order valence-electron chi connectivity index (χ2n) is 24.1. The number of carbonyl (C=O) groups is 2. The van der Waals surface area contributed by atoms with E-state index in [4.69, 9.17) is 18.5 Å². The highest BCUT2D eigenvalue weighted by Gasteiger charge is 2.22. The monoisotopic (exact) mass is 1220 g/mol. The number of hydrogen-bond acceptors (Lipinski definition) is 8. The molecule has 492 valence electrons. The summed E-state index contributed by atoms with van der Waals surface area (Å²) >= 11 is 0. The van der Waals surface area contributed by atoms with Crippen LogP contribution in [0.2, 0.25) is 0 Å². The van der Waals surface area contributed by atoms with E-state index in [0.29, 0.717) is 23.9 Å². The normalized spacial score (nSPS) is 14.0. The van der Waals surface area contributed by atoms with Crippen LogP contribution in [0.15, 0.2) is 134 Å². The molecular formula is C76H130NO8P. The number of likely N-dealkylation sites (N-methyl/N-ethyl adjacent to an activating group) is 1. The van der Waals surface area contributed by atoms with Crippen LogP contribution in [0.1, 0.15) is 284 Å². The first kappa shape index (κ1) is 82.1. The van der Waals surface area contributed by atoms with Gasteiger partial charge in [0.2, 0.25) is 0 Å². The van der Waals surface area contributed by atoms with Crippen LogP contribution in [0, 0.1) is 0 Å². The van der Waals surface area contributed by atoms with Gasteiger partial charge in [-0.1, -0.05) is 295 Å². The van der Waals surface area contributed by atoms with Crippen molar-refractivity contribution in [1.82, 2.24) is 0 Å². The highest BCUT2D eigenvalue weighted by atomic mass is 31.2. The van der Waals surface area contributed by atoms with Gasteiger partial charge in [-0.2, -0.15) is 0 Å². The quantitative estimate of drug-likeness (QED) is 0.0195. The van der Waals surface area contributed by atoms with E-state index in [1.165, 1.54) is 122 Å². The fourth-order valence-corrected chi connectivity index (χ4v) is 10.1. The minimum Gasteiger partial charge on any atom is -0.756 e. The largest absolute Gasteiger partial charge is 0.756 e. The van der Waals surface area contributed by atoms with Crippen molar-refractivity contribution in [1.29, 1.82) is 0 Å². The fraction of sp³-hybridized carbons (Fsp3) is 0.684. The van der Waals surface area contributed by atoms with Crippen LogP contribution in [-0.4, -0.2) is 70.0 Å². The van der Waals surface area contributed by atoms with Gasteiger partial charge in [-0.15, -0.1) is 0 Å². The number of allylic oxidation sites excluding steroid dienone is 22. The molecule has 0 bridgehead atoms. The van der Waals surface area contributed by atoms with Gasteiger partial charge in [0, 0.05) is 12.8 Å². The maximum absolute atomic E-state index is 12.9. The van der Waals surface area contributed by atoms with Gasteiger partial charge in [0.25, 0.3) is 7.82 Å². The summed E-state index contributed by atoms with van der Waals surface area (Å²) in [5.41, 5.74) is 0. The third kappa shape index (κ3) is 69.3. The summed E-state index contributed by atoms with van der Waals surface area (Å²) in [6.45, 7) is 4.00. The Kier molecular flexibility index (Phi) is 62.7. The minimum absolute atomic E-state index is 0.0386. The zero-order valence-electron chi connectivity index (χ0n) is 56.0. The van der Waals surface area contributed by atoms with E-state index in [2.05, 4.69) is 148 Å². The number of phosphoric acid groups is 1. The molecule has 10 heteroatoms. The van der Waals surface area contributed by atoms with E-state index in [0.717, 1.165) is 122 Å². The van der Waals surface area contributed by atoms with Crippen molar-refractivity contribution in [2.45, 2.75) is 290 Å².